The SMILES string of the molecule is O=C(CC(=O)N1CCC1)c1ccccc1. The minimum absolute atomic E-state index is 0.00398. The van der Waals surface area contributed by atoms with E-state index in [1.54, 1.807) is 29.2 Å². The van der Waals surface area contributed by atoms with Crippen LogP contribution in [0.25, 0.3) is 0 Å². The smallest absolute Gasteiger partial charge is 0.230 e. The molecule has 0 unspecified atom stereocenters. The number of hydrogen-bond acceptors (Lipinski definition) is 2. The third kappa shape index (κ3) is 2.24. The van der Waals surface area contributed by atoms with Crippen LogP contribution in [-0.2, 0) is 4.79 Å². The Kier molecular flexibility index (Phi) is 2.81. The first-order valence-corrected chi connectivity index (χ1v) is 5.13. The molecule has 2 rings (SSSR count). The number of rotatable bonds is 3. The van der Waals surface area contributed by atoms with Crippen molar-refractivity contribution in [2.75, 3.05) is 13.1 Å². The largest absolute Gasteiger partial charge is 0.342 e. The van der Waals surface area contributed by atoms with Crippen molar-refractivity contribution in [1.82, 2.24) is 4.90 Å². The molecule has 0 saturated carbocycles. The molecule has 0 atom stereocenters. The maximum absolute atomic E-state index is 11.7. The molecule has 15 heavy (non-hydrogen) atoms. The Morgan fingerprint density at radius 1 is 1.13 bits per heavy atom. The fourth-order valence-corrected chi connectivity index (χ4v) is 1.54. The number of amides is 1. The zero-order chi connectivity index (χ0) is 10.7. The predicted octanol–water partition coefficient (Wildman–Crippen LogP) is 1.49. The molecular formula is C12H13NO2. The lowest BCUT2D eigenvalue weighted by Gasteiger charge is -2.30. The van der Waals surface area contributed by atoms with Gasteiger partial charge in [-0.1, -0.05) is 30.3 Å². The van der Waals surface area contributed by atoms with Crippen LogP contribution in [-0.4, -0.2) is 29.7 Å². The van der Waals surface area contributed by atoms with E-state index < -0.39 is 0 Å². The van der Waals surface area contributed by atoms with E-state index in [-0.39, 0.29) is 18.1 Å². The summed E-state index contributed by atoms with van der Waals surface area (Å²) in [6.07, 6.45) is 1.06. The summed E-state index contributed by atoms with van der Waals surface area (Å²) in [5.41, 5.74) is 0.617. The average molecular weight is 203 g/mol. The van der Waals surface area contributed by atoms with Crippen molar-refractivity contribution in [3.63, 3.8) is 0 Å². The van der Waals surface area contributed by atoms with Crippen LogP contribution < -0.4 is 0 Å². The van der Waals surface area contributed by atoms with Gasteiger partial charge in [-0.05, 0) is 6.42 Å². The maximum atomic E-state index is 11.7. The van der Waals surface area contributed by atoms with Gasteiger partial charge >= 0.3 is 0 Å². The number of likely N-dealkylation sites (tertiary alicyclic amines) is 1. The normalized spacial score (nSPS) is 14.5. The van der Waals surface area contributed by atoms with Crippen LogP contribution in [0.1, 0.15) is 23.2 Å². The third-order valence-corrected chi connectivity index (χ3v) is 2.62. The molecule has 0 bridgehead atoms. The molecule has 78 valence electrons. The van der Waals surface area contributed by atoms with E-state index in [1.807, 2.05) is 6.07 Å². The molecule has 1 saturated heterocycles. The third-order valence-electron chi connectivity index (χ3n) is 2.62. The fraction of sp³-hybridized carbons (Fsp3) is 0.333. The van der Waals surface area contributed by atoms with Crippen molar-refractivity contribution in [3.8, 4) is 0 Å². The minimum atomic E-state index is -0.0903. The van der Waals surface area contributed by atoms with Gasteiger partial charge in [0.25, 0.3) is 0 Å². The van der Waals surface area contributed by atoms with Crippen molar-refractivity contribution in [1.29, 1.82) is 0 Å². The van der Waals surface area contributed by atoms with Gasteiger partial charge in [0.2, 0.25) is 5.91 Å². The number of benzene rings is 1. The van der Waals surface area contributed by atoms with Crippen molar-refractivity contribution in [2.24, 2.45) is 0 Å². The highest BCUT2D eigenvalue weighted by Gasteiger charge is 2.22. The van der Waals surface area contributed by atoms with E-state index in [9.17, 15) is 9.59 Å². The Labute approximate surface area is 88.7 Å². The van der Waals surface area contributed by atoms with Crippen LogP contribution in [0.3, 0.4) is 0 Å². The van der Waals surface area contributed by atoms with Crippen LogP contribution in [0, 0.1) is 0 Å². The number of nitrogens with zero attached hydrogens (tertiary/aromatic N) is 1. The van der Waals surface area contributed by atoms with Crippen molar-refractivity contribution in [3.05, 3.63) is 35.9 Å². The van der Waals surface area contributed by atoms with E-state index in [2.05, 4.69) is 0 Å². The highest BCUT2D eigenvalue weighted by atomic mass is 16.2. The van der Waals surface area contributed by atoms with Crippen molar-refractivity contribution in [2.45, 2.75) is 12.8 Å². The number of ketones is 1. The van der Waals surface area contributed by atoms with E-state index >= 15 is 0 Å². The standard InChI is InChI=1S/C12H13NO2/c14-11(10-5-2-1-3-6-10)9-12(15)13-7-4-8-13/h1-3,5-6H,4,7-9H2. The molecule has 3 heteroatoms. The summed E-state index contributed by atoms with van der Waals surface area (Å²) in [5.74, 6) is -0.136. The molecule has 1 aromatic rings. The van der Waals surface area contributed by atoms with Crippen molar-refractivity contribution < 1.29 is 9.59 Å². The molecular weight excluding hydrogens is 190 g/mol. The van der Waals surface area contributed by atoms with Gasteiger partial charge in [-0.15, -0.1) is 0 Å². The molecule has 0 aromatic heterocycles. The molecule has 0 spiro atoms. The monoisotopic (exact) mass is 203 g/mol. The Morgan fingerprint density at radius 2 is 1.80 bits per heavy atom. The molecule has 1 aromatic carbocycles. The van der Waals surface area contributed by atoms with Crippen molar-refractivity contribution >= 4 is 11.7 Å². The van der Waals surface area contributed by atoms with E-state index in [1.165, 1.54) is 0 Å². The van der Waals surface area contributed by atoms with Gasteiger partial charge in [0.1, 0.15) is 0 Å². The molecule has 0 radical (unpaired) electrons. The Morgan fingerprint density at radius 3 is 2.33 bits per heavy atom. The highest BCUT2D eigenvalue weighted by Crippen LogP contribution is 2.10. The number of hydrogen-bond donors (Lipinski definition) is 0. The lowest BCUT2D eigenvalue weighted by molar-refractivity contribution is -0.133. The molecule has 0 N–H and O–H groups in total. The van der Waals surface area contributed by atoms with Gasteiger partial charge in [-0.2, -0.15) is 0 Å². The zero-order valence-corrected chi connectivity index (χ0v) is 8.48. The zero-order valence-electron chi connectivity index (χ0n) is 8.48. The number of Topliss-reactive ketones (excluding diaryl/α,β-unsaturated/α-hetero) is 1. The first-order chi connectivity index (χ1) is 7.27. The second-order valence-corrected chi connectivity index (χ2v) is 3.70. The Hall–Kier alpha value is -1.64. The summed E-state index contributed by atoms with van der Waals surface area (Å²) >= 11 is 0. The Balaban J connectivity index is 1.95. The fourth-order valence-electron chi connectivity index (χ4n) is 1.54. The van der Waals surface area contributed by atoms with E-state index in [4.69, 9.17) is 0 Å². The van der Waals surface area contributed by atoms with Gasteiger partial charge in [0, 0.05) is 18.7 Å². The summed E-state index contributed by atoms with van der Waals surface area (Å²) in [7, 11) is 0. The molecule has 1 heterocycles. The lowest BCUT2D eigenvalue weighted by atomic mass is 10.1. The summed E-state index contributed by atoms with van der Waals surface area (Å²) in [6.45, 7) is 1.61. The van der Waals surface area contributed by atoms with Gasteiger partial charge < -0.3 is 4.90 Å². The quantitative estimate of drug-likeness (QED) is 0.551. The van der Waals surface area contributed by atoms with Crippen LogP contribution in [0.4, 0.5) is 0 Å². The lowest BCUT2D eigenvalue weighted by Crippen LogP contribution is -2.42. The van der Waals surface area contributed by atoms with Crippen LogP contribution in [0.5, 0.6) is 0 Å². The Bertz CT molecular complexity index is 368. The molecule has 3 nitrogen and oxygen atoms in total. The highest BCUT2D eigenvalue weighted by molar-refractivity contribution is 6.07. The number of carbonyl (C=O) groups excluding carboxylic acids is 2. The van der Waals surface area contributed by atoms with Gasteiger partial charge in [0.05, 0.1) is 6.42 Å². The second kappa shape index (κ2) is 4.26. The first kappa shape index (κ1) is 9.90. The topological polar surface area (TPSA) is 37.4 Å². The van der Waals surface area contributed by atoms with Crippen LogP contribution in [0.2, 0.25) is 0 Å². The molecule has 1 aliphatic rings. The first-order valence-electron chi connectivity index (χ1n) is 5.13. The summed E-state index contributed by atoms with van der Waals surface area (Å²) in [4.78, 5) is 24.9. The molecule has 1 aliphatic heterocycles. The van der Waals surface area contributed by atoms with Gasteiger partial charge in [-0.25, -0.2) is 0 Å². The van der Waals surface area contributed by atoms with Gasteiger partial charge in [0.15, 0.2) is 5.78 Å². The predicted molar refractivity (Wildman–Crippen MR) is 56.6 cm³/mol. The summed E-state index contributed by atoms with van der Waals surface area (Å²) in [5, 5.41) is 0. The molecule has 0 aliphatic carbocycles. The minimum Gasteiger partial charge on any atom is -0.342 e. The van der Waals surface area contributed by atoms with Gasteiger partial charge in [-0.3, -0.25) is 9.59 Å². The number of carbonyl (C=O) groups is 2. The summed E-state index contributed by atoms with van der Waals surface area (Å²) < 4.78 is 0. The summed E-state index contributed by atoms with van der Waals surface area (Å²) in [6, 6.07) is 8.95. The van der Waals surface area contributed by atoms with Crippen LogP contribution in [0.15, 0.2) is 30.3 Å². The maximum Gasteiger partial charge on any atom is 0.230 e. The average Bonchev–Trinajstić information content (AvgIpc) is 2.16. The van der Waals surface area contributed by atoms with E-state index in [0.717, 1.165) is 19.5 Å². The molecule has 1 amide bonds. The molecule has 1 fully saturated rings. The van der Waals surface area contributed by atoms with E-state index in [0.29, 0.717) is 5.56 Å². The second-order valence-electron chi connectivity index (χ2n) is 3.70. The van der Waals surface area contributed by atoms with Crippen LogP contribution >= 0.6 is 0 Å².